The van der Waals surface area contributed by atoms with Gasteiger partial charge in [0.15, 0.2) is 5.82 Å². The van der Waals surface area contributed by atoms with Crippen molar-refractivity contribution >= 4 is 0 Å². The molecule has 0 spiro atoms. The van der Waals surface area contributed by atoms with Crippen LogP contribution < -0.4 is 4.74 Å². The van der Waals surface area contributed by atoms with Gasteiger partial charge in [0.25, 0.3) is 0 Å². The van der Waals surface area contributed by atoms with E-state index < -0.39 is 0 Å². The number of nitrogens with zero attached hydrogens (tertiary/aromatic N) is 2. The van der Waals surface area contributed by atoms with Crippen molar-refractivity contribution in [3.05, 3.63) is 29.8 Å². The van der Waals surface area contributed by atoms with Gasteiger partial charge in [-0.15, -0.1) is 5.10 Å². The summed E-state index contributed by atoms with van der Waals surface area (Å²) < 4.78 is 10.5. The molecule has 0 saturated carbocycles. The van der Waals surface area contributed by atoms with Crippen LogP contribution in [-0.4, -0.2) is 35.0 Å². The van der Waals surface area contributed by atoms with Gasteiger partial charge >= 0.3 is 6.01 Å². The largest absolute Gasteiger partial charge is 0.460 e. The third kappa shape index (κ3) is 3.07. The molecule has 1 aromatic carbocycles. The lowest BCUT2D eigenvalue weighted by atomic mass is 10.1. The molecule has 0 atom stereocenters. The van der Waals surface area contributed by atoms with Gasteiger partial charge in [0.2, 0.25) is 0 Å². The number of H-pyrrole nitrogens is 1. The van der Waals surface area contributed by atoms with Crippen LogP contribution in [0.5, 0.6) is 6.01 Å². The Labute approximate surface area is 106 Å². The lowest BCUT2D eigenvalue weighted by Crippen LogP contribution is -2.07. The van der Waals surface area contributed by atoms with E-state index in [0.717, 1.165) is 17.0 Å². The molecule has 0 aliphatic heterocycles. The van der Waals surface area contributed by atoms with Gasteiger partial charge in [-0.1, -0.05) is 24.3 Å². The zero-order valence-corrected chi connectivity index (χ0v) is 10.6. The number of rotatable bonds is 6. The van der Waals surface area contributed by atoms with E-state index in [0.29, 0.717) is 25.8 Å². The predicted molar refractivity (Wildman–Crippen MR) is 68.5 cm³/mol. The van der Waals surface area contributed by atoms with Crippen LogP contribution in [0.4, 0.5) is 0 Å². The van der Waals surface area contributed by atoms with E-state index in [9.17, 15) is 0 Å². The highest BCUT2D eigenvalue weighted by Crippen LogP contribution is 2.20. The monoisotopic (exact) mass is 247 g/mol. The minimum atomic E-state index is 0.355. The molecule has 0 bridgehead atoms. The second-order valence-electron chi connectivity index (χ2n) is 3.83. The lowest BCUT2D eigenvalue weighted by Gasteiger charge is -2.01. The summed E-state index contributed by atoms with van der Waals surface area (Å²) in [5.74, 6) is 0.722. The molecule has 0 aliphatic rings. The molecular weight excluding hydrogens is 230 g/mol. The molecular formula is C13H17N3O2. The Hall–Kier alpha value is -1.88. The highest BCUT2D eigenvalue weighted by atomic mass is 16.5. The molecule has 0 saturated heterocycles. The first kappa shape index (κ1) is 12.6. The number of hydrogen-bond acceptors (Lipinski definition) is 4. The summed E-state index contributed by atoms with van der Waals surface area (Å²) >= 11 is 0. The molecule has 5 heteroatoms. The molecule has 0 radical (unpaired) electrons. The topological polar surface area (TPSA) is 60.0 Å². The lowest BCUT2D eigenvalue weighted by molar-refractivity contribution is 0.106. The number of aromatic nitrogens is 3. The molecule has 1 N–H and O–H groups in total. The molecule has 1 heterocycles. The molecule has 2 rings (SSSR count). The van der Waals surface area contributed by atoms with Crippen LogP contribution in [0.1, 0.15) is 12.5 Å². The molecule has 0 amide bonds. The fraction of sp³-hybridized carbons (Fsp3) is 0.385. The number of ether oxygens (including phenoxy) is 2. The summed E-state index contributed by atoms with van der Waals surface area (Å²) in [6.45, 7) is 5.67. The van der Waals surface area contributed by atoms with Crippen molar-refractivity contribution < 1.29 is 9.47 Å². The summed E-state index contributed by atoms with van der Waals surface area (Å²) in [6.07, 6.45) is 0. The van der Waals surface area contributed by atoms with Crippen molar-refractivity contribution in [1.82, 2.24) is 15.2 Å². The number of aromatic amines is 1. The van der Waals surface area contributed by atoms with Gasteiger partial charge in [0, 0.05) is 12.2 Å². The Morgan fingerprint density at radius 1 is 1.22 bits per heavy atom. The Morgan fingerprint density at radius 3 is 2.83 bits per heavy atom. The first-order valence-corrected chi connectivity index (χ1v) is 6.00. The van der Waals surface area contributed by atoms with Crippen LogP contribution in [0.2, 0.25) is 0 Å². The van der Waals surface area contributed by atoms with Gasteiger partial charge in [-0.2, -0.15) is 4.98 Å². The maximum atomic E-state index is 5.37. The highest BCUT2D eigenvalue weighted by Gasteiger charge is 2.08. The molecule has 0 aliphatic carbocycles. The summed E-state index contributed by atoms with van der Waals surface area (Å²) in [5, 5.41) is 6.89. The Bertz CT molecular complexity index is 496. The second-order valence-corrected chi connectivity index (χ2v) is 3.83. The number of benzene rings is 1. The van der Waals surface area contributed by atoms with Gasteiger partial charge in [0.1, 0.15) is 6.61 Å². The molecule has 2 aromatic rings. The number of aryl methyl sites for hydroxylation is 1. The van der Waals surface area contributed by atoms with Crippen LogP contribution in [-0.2, 0) is 4.74 Å². The summed E-state index contributed by atoms with van der Waals surface area (Å²) in [6, 6.07) is 8.36. The van der Waals surface area contributed by atoms with Crippen molar-refractivity contribution in [2.45, 2.75) is 13.8 Å². The third-order valence-electron chi connectivity index (χ3n) is 2.53. The van der Waals surface area contributed by atoms with Gasteiger partial charge < -0.3 is 9.47 Å². The zero-order chi connectivity index (χ0) is 12.8. The van der Waals surface area contributed by atoms with E-state index in [2.05, 4.69) is 15.2 Å². The summed E-state index contributed by atoms with van der Waals surface area (Å²) in [7, 11) is 0. The average molecular weight is 247 g/mol. The minimum Gasteiger partial charge on any atom is -0.460 e. The Kier molecular flexibility index (Phi) is 4.30. The van der Waals surface area contributed by atoms with E-state index in [1.807, 2.05) is 38.1 Å². The summed E-state index contributed by atoms with van der Waals surface area (Å²) in [4.78, 5) is 4.29. The predicted octanol–water partition coefficient (Wildman–Crippen LogP) is 2.20. The standard InChI is InChI=1S/C13H17N3O2/c1-3-17-8-9-18-13-14-12(15-16-13)11-7-5-4-6-10(11)2/h4-7H,3,8-9H2,1-2H3,(H,14,15,16). The van der Waals surface area contributed by atoms with Gasteiger partial charge in [-0.25, -0.2) is 0 Å². The normalized spacial score (nSPS) is 10.6. The van der Waals surface area contributed by atoms with E-state index in [4.69, 9.17) is 9.47 Å². The maximum absolute atomic E-state index is 5.37. The van der Waals surface area contributed by atoms with E-state index in [-0.39, 0.29) is 0 Å². The van der Waals surface area contributed by atoms with Gasteiger partial charge in [-0.05, 0) is 19.4 Å². The third-order valence-corrected chi connectivity index (χ3v) is 2.53. The molecule has 1 aromatic heterocycles. The van der Waals surface area contributed by atoms with Crippen molar-refractivity contribution in [2.24, 2.45) is 0 Å². The van der Waals surface area contributed by atoms with Crippen LogP contribution in [0.3, 0.4) is 0 Å². The van der Waals surface area contributed by atoms with Crippen LogP contribution in [0.15, 0.2) is 24.3 Å². The van der Waals surface area contributed by atoms with E-state index >= 15 is 0 Å². The minimum absolute atomic E-state index is 0.355. The zero-order valence-electron chi connectivity index (χ0n) is 10.6. The molecule has 96 valence electrons. The second kappa shape index (κ2) is 6.16. The molecule has 18 heavy (non-hydrogen) atoms. The fourth-order valence-corrected chi connectivity index (χ4v) is 1.61. The van der Waals surface area contributed by atoms with Crippen molar-refractivity contribution in [3.63, 3.8) is 0 Å². The number of hydrogen-bond donors (Lipinski definition) is 1. The van der Waals surface area contributed by atoms with E-state index in [1.54, 1.807) is 0 Å². The smallest absolute Gasteiger partial charge is 0.335 e. The first-order valence-electron chi connectivity index (χ1n) is 6.00. The van der Waals surface area contributed by atoms with Crippen LogP contribution >= 0.6 is 0 Å². The van der Waals surface area contributed by atoms with Gasteiger partial charge in [-0.3, -0.25) is 5.10 Å². The van der Waals surface area contributed by atoms with Crippen molar-refractivity contribution in [3.8, 4) is 17.4 Å². The number of nitrogens with one attached hydrogen (secondary N) is 1. The SMILES string of the molecule is CCOCCOc1n[nH]c(-c2ccccc2C)n1. The van der Waals surface area contributed by atoms with Crippen molar-refractivity contribution in [2.75, 3.05) is 19.8 Å². The quantitative estimate of drug-likeness (QED) is 0.795. The molecule has 5 nitrogen and oxygen atoms in total. The Balaban J connectivity index is 2.00. The molecule has 0 fully saturated rings. The van der Waals surface area contributed by atoms with Gasteiger partial charge in [0.05, 0.1) is 6.61 Å². The fourth-order valence-electron chi connectivity index (χ4n) is 1.61. The Morgan fingerprint density at radius 2 is 2.06 bits per heavy atom. The summed E-state index contributed by atoms with van der Waals surface area (Å²) in [5.41, 5.74) is 2.18. The van der Waals surface area contributed by atoms with E-state index in [1.165, 1.54) is 0 Å². The van der Waals surface area contributed by atoms with Crippen molar-refractivity contribution in [1.29, 1.82) is 0 Å². The first-order chi connectivity index (χ1) is 8.81. The maximum Gasteiger partial charge on any atom is 0.335 e. The van der Waals surface area contributed by atoms with Crippen LogP contribution in [0, 0.1) is 6.92 Å². The van der Waals surface area contributed by atoms with Crippen LogP contribution in [0.25, 0.3) is 11.4 Å². The molecule has 0 unspecified atom stereocenters. The average Bonchev–Trinajstić information content (AvgIpc) is 2.84. The highest BCUT2D eigenvalue weighted by molar-refractivity contribution is 5.59.